The van der Waals surface area contributed by atoms with Crippen LogP contribution in [0.4, 0.5) is 32.0 Å². The lowest BCUT2D eigenvalue weighted by atomic mass is 10.2. The maximum Gasteiger partial charge on any atom is 0.573 e. The average Bonchev–Trinajstić information content (AvgIpc) is 2.47. The van der Waals surface area contributed by atoms with Gasteiger partial charge in [0.15, 0.2) is 0 Å². The van der Waals surface area contributed by atoms with Crippen molar-refractivity contribution >= 4 is 31.6 Å². The molecule has 0 bridgehead atoms. The molecular formula is C14H8BrF6NO3S. The van der Waals surface area contributed by atoms with E-state index in [1.807, 2.05) is 4.72 Å². The molecule has 26 heavy (non-hydrogen) atoms. The van der Waals surface area contributed by atoms with Crippen LogP contribution in [0, 0.1) is 0 Å². The van der Waals surface area contributed by atoms with E-state index in [1.165, 1.54) is 0 Å². The van der Waals surface area contributed by atoms with Crippen molar-refractivity contribution in [3.05, 3.63) is 52.5 Å². The first kappa shape index (κ1) is 20.4. The number of nitrogens with one attached hydrogen (secondary N) is 1. The first-order valence-electron chi connectivity index (χ1n) is 6.53. The largest absolute Gasteiger partial charge is 0.573 e. The van der Waals surface area contributed by atoms with Gasteiger partial charge in [0, 0.05) is 4.47 Å². The maximum atomic E-state index is 12.7. The zero-order chi connectivity index (χ0) is 19.8. The molecule has 0 aliphatic rings. The fraction of sp³-hybridized carbons (Fsp3) is 0.143. The highest BCUT2D eigenvalue weighted by Crippen LogP contribution is 2.35. The van der Waals surface area contributed by atoms with E-state index >= 15 is 0 Å². The van der Waals surface area contributed by atoms with Gasteiger partial charge < -0.3 is 4.74 Å². The number of benzene rings is 2. The highest BCUT2D eigenvalue weighted by molar-refractivity contribution is 9.10. The topological polar surface area (TPSA) is 55.4 Å². The molecule has 2 aromatic rings. The van der Waals surface area contributed by atoms with Gasteiger partial charge in [-0.3, -0.25) is 4.72 Å². The Morgan fingerprint density at radius 3 is 2.00 bits per heavy atom. The number of sulfonamides is 1. The van der Waals surface area contributed by atoms with Crippen LogP contribution < -0.4 is 9.46 Å². The van der Waals surface area contributed by atoms with E-state index in [4.69, 9.17) is 0 Å². The number of hydrogen-bond acceptors (Lipinski definition) is 3. The van der Waals surface area contributed by atoms with Gasteiger partial charge in [-0.2, -0.15) is 13.2 Å². The zero-order valence-corrected chi connectivity index (χ0v) is 14.7. The fourth-order valence-corrected chi connectivity index (χ4v) is 3.35. The molecule has 0 heterocycles. The van der Waals surface area contributed by atoms with Gasteiger partial charge in [0.05, 0.1) is 16.1 Å². The molecule has 0 radical (unpaired) electrons. The predicted octanol–water partition coefficient (Wildman–Crippen LogP) is 5.17. The van der Waals surface area contributed by atoms with E-state index in [2.05, 4.69) is 20.7 Å². The summed E-state index contributed by atoms with van der Waals surface area (Å²) in [5.74, 6) is -0.642. The van der Waals surface area contributed by atoms with Crippen molar-refractivity contribution in [3.63, 3.8) is 0 Å². The summed E-state index contributed by atoms with van der Waals surface area (Å²) in [4.78, 5) is -0.462. The number of ether oxygens (including phenoxy) is 1. The van der Waals surface area contributed by atoms with Crippen LogP contribution in [0.2, 0.25) is 0 Å². The first-order chi connectivity index (χ1) is 11.8. The molecule has 0 aliphatic heterocycles. The summed E-state index contributed by atoms with van der Waals surface area (Å²) in [5, 5.41) is 0. The zero-order valence-electron chi connectivity index (χ0n) is 12.3. The molecule has 0 spiro atoms. The normalized spacial score (nSPS) is 12.7. The molecule has 1 N–H and O–H groups in total. The minimum Gasteiger partial charge on any atom is -0.406 e. The van der Waals surface area contributed by atoms with E-state index in [9.17, 15) is 34.8 Å². The predicted molar refractivity (Wildman–Crippen MR) is 83.1 cm³/mol. The lowest BCUT2D eigenvalue weighted by molar-refractivity contribution is -0.274. The molecule has 0 atom stereocenters. The van der Waals surface area contributed by atoms with Gasteiger partial charge in [-0.1, -0.05) is 0 Å². The summed E-state index contributed by atoms with van der Waals surface area (Å²) < 4.78 is 105. The van der Waals surface area contributed by atoms with Crippen molar-refractivity contribution in [3.8, 4) is 5.75 Å². The van der Waals surface area contributed by atoms with Crippen molar-refractivity contribution in [1.29, 1.82) is 0 Å². The molecule has 142 valence electrons. The third kappa shape index (κ3) is 5.27. The second kappa shape index (κ2) is 6.99. The van der Waals surface area contributed by atoms with Crippen LogP contribution in [0.3, 0.4) is 0 Å². The number of rotatable bonds is 4. The van der Waals surface area contributed by atoms with Crippen LogP contribution >= 0.6 is 15.9 Å². The molecule has 0 aliphatic carbocycles. The minimum absolute atomic E-state index is 0.0473. The Morgan fingerprint density at radius 2 is 1.50 bits per heavy atom. The molecule has 0 saturated heterocycles. The van der Waals surface area contributed by atoms with E-state index in [1.54, 1.807) is 0 Å². The van der Waals surface area contributed by atoms with Crippen molar-refractivity contribution in [2.75, 3.05) is 4.72 Å². The number of anilines is 1. The standard InChI is InChI=1S/C14H8BrF6NO3S/c15-11-6-1-8(13(16,17)18)7-12(11)22-26(23,24)10-4-2-9(3-5-10)25-14(19,20)21/h1-7,22H. The molecule has 2 aromatic carbocycles. The van der Waals surface area contributed by atoms with Crippen LogP contribution in [0.5, 0.6) is 5.75 Å². The highest BCUT2D eigenvalue weighted by atomic mass is 79.9. The lowest BCUT2D eigenvalue weighted by Crippen LogP contribution is -2.17. The number of hydrogen-bond donors (Lipinski definition) is 1. The SMILES string of the molecule is O=S(=O)(Nc1cc(C(F)(F)F)ccc1Br)c1ccc(OC(F)(F)F)cc1. The van der Waals surface area contributed by atoms with Crippen molar-refractivity contribution in [2.24, 2.45) is 0 Å². The molecule has 2 rings (SSSR count). The molecule has 0 aromatic heterocycles. The molecule has 4 nitrogen and oxygen atoms in total. The van der Waals surface area contributed by atoms with E-state index < -0.39 is 38.8 Å². The average molecular weight is 464 g/mol. The molecule has 0 unspecified atom stereocenters. The summed E-state index contributed by atoms with van der Waals surface area (Å²) in [6.45, 7) is 0. The Bertz CT molecular complexity index is 894. The van der Waals surface area contributed by atoms with E-state index in [-0.39, 0.29) is 10.2 Å². The van der Waals surface area contributed by atoms with Crippen LogP contribution in [-0.4, -0.2) is 14.8 Å². The van der Waals surface area contributed by atoms with Crippen LogP contribution in [0.15, 0.2) is 51.8 Å². The number of halogens is 7. The first-order valence-corrected chi connectivity index (χ1v) is 8.81. The van der Waals surface area contributed by atoms with Crippen LogP contribution in [0.1, 0.15) is 5.56 Å². The van der Waals surface area contributed by atoms with Crippen LogP contribution in [0.25, 0.3) is 0 Å². The Morgan fingerprint density at radius 1 is 0.923 bits per heavy atom. The summed E-state index contributed by atoms with van der Waals surface area (Å²) in [7, 11) is -4.34. The summed E-state index contributed by atoms with van der Waals surface area (Å²) in [6.07, 6.45) is -9.63. The molecule has 0 saturated carbocycles. The fourth-order valence-electron chi connectivity index (χ4n) is 1.80. The summed E-state index contributed by atoms with van der Waals surface area (Å²) in [6, 6.07) is 5.54. The second-order valence-corrected chi connectivity index (χ2v) is 7.35. The van der Waals surface area contributed by atoms with Gasteiger partial charge in [0.1, 0.15) is 5.75 Å². The number of alkyl halides is 6. The molecule has 0 fully saturated rings. The Kier molecular flexibility index (Phi) is 5.47. The summed E-state index contributed by atoms with van der Waals surface area (Å²) in [5.41, 5.74) is -1.46. The molecule has 0 amide bonds. The Balaban J connectivity index is 2.29. The monoisotopic (exact) mass is 463 g/mol. The van der Waals surface area contributed by atoms with Gasteiger partial charge in [0.2, 0.25) is 0 Å². The van der Waals surface area contributed by atoms with E-state index in [0.29, 0.717) is 6.07 Å². The smallest absolute Gasteiger partial charge is 0.406 e. The quantitative estimate of drug-likeness (QED) is 0.636. The second-order valence-electron chi connectivity index (χ2n) is 4.82. The third-order valence-electron chi connectivity index (χ3n) is 2.91. The summed E-state index contributed by atoms with van der Waals surface area (Å²) >= 11 is 2.93. The van der Waals surface area contributed by atoms with Gasteiger partial charge in [0.25, 0.3) is 10.0 Å². The van der Waals surface area contributed by atoms with Crippen molar-refractivity contribution < 1.29 is 39.5 Å². The maximum absolute atomic E-state index is 12.7. The minimum atomic E-state index is -4.94. The van der Waals surface area contributed by atoms with Crippen molar-refractivity contribution in [1.82, 2.24) is 0 Å². The van der Waals surface area contributed by atoms with Gasteiger partial charge in [-0.15, -0.1) is 13.2 Å². The van der Waals surface area contributed by atoms with Crippen molar-refractivity contribution in [2.45, 2.75) is 17.4 Å². The van der Waals surface area contributed by atoms with Gasteiger partial charge in [-0.25, -0.2) is 8.42 Å². The van der Waals surface area contributed by atoms with Gasteiger partial charge in [-0.05, 0) is 58.4 Å². The lowest BCUT2D eigenvalue weighted by Gasteiger charge is -2.13. The Labute approximate surface area is 152 Å². The molecular weight excluding hydrogens is 456 g/mol. The highest BCUT2D eigenvalue weighted by Gasteiger charge is 2.32. The molecule has 12 heteroatoms. The third-order valence-corrected chi connectivity index (χ3v) is 4.98. The Hall–Kier alpha value is -1.95. The van der Waals surface area contributed by atoms with Gasteiger partial charge >= 0.3 is 12.5 Å². The van der Waals surface area contributed by atoms with E-state index in [0.717, 1.165) is 36.4 Å². The van der Waals surface area contributed by atoms with Crippen LogP contribution in [-0.2, 0) is 16.2 Å².